The molecule has 0 aromatic heterocycles. The van der Waals surface area contributed by atoms with Crippen LogP contribution >= 0.6 is 23.2 Å². The number of nitrogens with zero attached hydrogens (tertiary/aromatic N) is 1. The molecule has 0 bridgehead atoms. The molecule has 0 unspecified atom stereocenters. The van der Waals surface area contributed by atoms with E-state index in [0.717, 1.165) is 11.1 Å². The van der Waals surface area contributed by atoms with Gasteiger partial charge in [-0.15, -0.1) is 0 Å². The maximum atomic E-state index is 12.6. The van der Waals surface area contributed by atoms with Crippen molar-refractivity contribution in [2.24, 2.45) is 0 Å². The van der Waals surface area contributed by atoms with E-state index < -0.39 is 5.91 Å². The Bertz CT molecular complexity index is 1180. The zero-order chi connectivity index (χ0) is 22.4. The first kappa shape index (κ1) is 22.4. The molecule has 0 radical (unpaired) electrons. The SMILES string of the molecule is Cc1ccc(COc2ccc(Cl)cc2/C=C(\C#N)C(=O)Nc2ccc(C)c(Cl)c2)cc1. The van der Waals surface area contributed by atoms with Gasteiger partial charge in [0.2, 0.25) is 0 Å². The van der Waals surface area contributed by atoms with Gasteiger partial charge in [0.25, 0.3) is 5.91 Å². The molecule has 0 fully saturated rings. The van der Waals surface area contributed by atoms with Crippen molar-refractivity contribution >= 4 is 40.9 Å². The molecule has 0 spiro atoms. The number of hydrogen-bond acceptors (Lipinski definition) is 3. The Morgan fingerprint density at radius 1 is 1.06 bits per heavy atom. The first-order valence-electron chi connectivity index (χ1n) is 9.53. The lowest BCUT2D eigenvalue weighted by Crippen LogP contribution is -2.13. The van der Waals surface area contributed by atoms with E-state index in [4.69, 9.17) is 27.9 Å². The summed E-state index contributed by atoms with van der Waals surface area (Å²) in [5.74, 6) is -0.0317. The van der Waals surface area contributed by atoms with Gasteiger partial charge in [-0.05, 0) is 61.4 Å². The molecular formula is C25H20Cl2N2O2. The van der Waals surface area contributed by atoms with E-state index in [1.54, 1.807) is 36.4 Å². The molecule has 3 aromatic carbocycles. The average molecular weight is 451 g/mol. The van der Waals surface area contributed by atoms with E-state index >= 15 is 0 Å². The van der Waals surface area contributed by atoms with Crippen LogP contribution in [-0.2, 0) is 11.4 Å². The standard InChI is InChI=1S/C25H20Cl2N2O2/c1-16-3-6-18(7-4-16)15-31-24-10-8-21(26)12-19(24)11-20(14-28)25(30)29-22-9-5-17(2)23(27)13-22/h3-13H,15H2,1-2H3,(H,29,30)/b20-11+. The summed E-state index contributed by atoms with van der Waals surface area (Å²) in [6.45, 7) is 4.23. The number of benzene rings is 3. The van der Waals surface area contributed by atoms with Crippen LogP contribution in [0.1, 0.15) is 22.3 Å². The zero-order valence-corrected chi connectivity index (χ0v) is 18.6. The van der Waals surface area contributed by atoms with Crippen molar-refractivity contribution in [3.05, 3.63) is 98.5 Å². The highest BCUT2D eigenvalue weighted by Gasteiger charge is 2.13. The maximum absolute atomic E-state index is 12.6. The minimum absolute atomic E-state index is 0.0841. The van der Waals surface area contributed by atoms with E-state index in [2.05, 4.69) is 5.32 Å². The van der Waals surface area contributed by atoms with E-state index in [0.29, 0.717) is 33.7 Å². The number of anilines is 1. The fourth-order valence-electron chi connectivity index (χ4n) is 2.78. The second kappa shape index (κ2) is 10.2. The molecule has 0 saturated carbocycles. The molecule has 31 heavy (non-hydrogen) atoms. The number of aryl methyl sites for hydroxylation is 2. The van der Waals surface area contributed by atoms with Crippen LogP contribution < -0.4 is 10.1 Å². The molecule has 6 heteroatoms. The van der Waals surface area contributed by atoms with Crippen LogP contribution in [0.15, 0.2) is 66.2 Å². The third kappa shape index (κ3) is 6.11. The lowest BCUT2D eigenvalue weighted by Gasteiger charge is -2.11. The fraction of sp³-hybridized carbons (Fsp3) is 0.120. The van der Waals surface area contributed by atoms with Crippen LogP contribution in [0.25, 0.3) is 6.08 Å². The number of halogens is 2. The van der Waals surface area contributed by atoms with Crippen molar-refractivity contribution in [1.29, 1.82) is 5.26 Å². The maximum Gasteiger partial charge on any atom is 0.266 e. The van der Waals surface area contributed by atoms with Crippen LogP contribution in [0.4, 0.5) is 5.69 Å². The Balaban J connectivity index is 1.82. The summed E-state index contributed by atoms with van der Waals surface area (Å²) in [6, 6.07) is 20.2. The summed E-state index contributed by atoms with van der Waals surface area (Å²) in [7, 11) is 0. The molecule has 0 aliphatic carbocycles. The van der Waals surface area contributed by atoms with Crippen LogP contribution in [0.2, 0.25) is 10.0 Å². The quantitative estimate of drug-likeness (QED) is 0.334. The normalized spacial score (nSPS) is 11.0. The lowest BCUT2D eigenvalue weighted by atomic mass is 10.1. The van der Waals surface area contributed by atoms with Crippen LogP contribution in [-0.4, -0.2) is 5.91 Å². The number of ether oxygens (including phenoxy) is 1. The zero-order valence-electron chi connectivity index (χ0n) is 17.1. The Morgan fingerprint density at radius 3 is 2.48 bits per heavy atom. The molecule has 0 saturated heterocycles. The van der Waals surface area contributed by atoms with Gasteiger partial charge < -0.3 is 10.1 Å². The van der Waals surface area contributed by atoms with E-state index in [9.17, 15) is 10.1 Å². The van der Waals surface area contributed by atoms with Crippen LogP contribution in [0.3, 0.4) is 0 Å². The first-order valence-corrected chi connectivity index (χ1v) is 10.3. The summed E-state index contributed by atoms with van der Waals surface area (Å²) >= 11 is 12.2. The number of carbonyl (C=O) groups excluding carboxylic acids is 1. The molecule has 1 amide bonds. The van der Waals surface area contributed by atoms with Gasteiger partial charge in [0.05, 0.1) is 0 Å². The minimum Gasteiger partial charge on any atom is -0.488 e. The van der Waals surface area contributed by atoms with Gasteiger partial charge in [-0.1, -0.05) is 59.1 Å². The minimum atomic E-state index is -0.549. The van der Waals surface area contributed by atoms with Gasteiger partial charge in [-0.2, -0.15) is 5.26 Å². The van der Waals surface area contributed by atoms with Crippen LogP contribution in [0.5, 0.6) is 5.75 Å². The fourth-order valence-corrected chi connectivity index (χ4v) is 3.14. The highest BCUT2D eigenvalue weighted by Crippen LogP contribution is 2.27. The van der Waals surface area contributed by atoms with Gasteiger partial charge in [0.15, 0.2) is 0 Å². The Labute approximate surface area is 191 Å². The average Bonchev–Trinajstić information content (AvgIpc) is 2.75. The highest BCUT2D eigenvalue weighted by atomic mass is 35.5. The number of amides is 1. The van der Waals surface area contributed by atoms with Crippen molar-refractivity contribution in [1.82, 2.24) is 0 Å². The largest absolute Gasteiger partial charge is 0.488 e. The second-order valence-electron chi connectivity index (χ2n) is 7.04. The van der Waals surface area contributed by atoms with Gasteiger partial charge in [-0.3, -0.25) is 4.79 Å². The first-order chi connectivity index (χ1) is 14.9. The monoisotopic (exact) mass is 450 g/mol. The van der Waals surface area contributed by atoms with E-state index in [1.165, 1.54) is 11.6 Å². The number of nitrogens with one attached hydrogen (secondary N) is 1. The lowest BCUT2D eigenvalue weighted by molar-refractivity contribution is -0.112. The number of nitriles is 1. The highest BCUT2D eigenvalue weighted by molar-refractivity contribution is 6.31. The smallest absolute Gasteiger partial charge is 0.266 e. The molecule has 3 rings (SSSR count). The molecule has 1 N–H and O–H groups in total. The topological polar surface area (TPSA) is 62.1 Å². The summed E-state index contributed by atoms with van der Waals surface area (Å²) in [5.41, 5.74) is 4.02. The molecule has 0 aliphatic heterocycles. The number of rotatable bonds is 6. The van der Waals surface area contributed by atoms with Gasteiger partial charge in [-0.25, -0.2) is 0 Å². The molecule has 0 atom stereocenters. The molecular weight excluding hydrogens is 431 g/mol. The van der Waals surface area contributed by atoms with Crippen molar-refractivity contribution < 1.29 is 9.53 Å². The number of carbonyl (C=O) groups is 1. The van der Waals surface area contributed by atoms with Crippen LogP contribution in [0, 0.1) is 25.2 Å². The number of hydrogen-bond donors (Lipinski definition) is 1. The third-order valence-electron chi connectivity index (χ3n) is 4.58. The molecule has 0 heterocycles. The molecule has 156 valence electrons. The molecule has 0 aliphatic rings. The van der Waals surface area contributed by atoms with Crippen molar-refractivity contribution in [3.63, 3.8) is 0 Å². The Morgan fingerprint density at radius 2 is 1.81 bits per heavy atom. The van der Waals surface area contributed by atoms with E-state index in [-0.39, 0.29) is 5.57 Å². The van der Waals surface area contributed by atoms with E-state index in [1.807, 2.05) is 44.2 Å². The van der Waals surface area contributed by atoms with Gasteiger partial charge >= 0.3 is 0 Å². The Kier molecular flexibility index (Phi) is 7.36. The third-order valence-corrected chi connectivity index (χ3v) is 5.22. The van der Waals surface area contributed by atoms with Crippen molar-refractivity contribution in [2.45, 2.75) is 20.5 Å². The van der Waals surface area contributed by atoms with Gasteiger partial charge in [0, 0.05) is 21.3 Å². The van der Waals surface area contributed by atoms with Crippen molar-refractivity contribution in [2.75, 3.05) is 5.32 Å². The van der Waals surface area contributed by atoms with Crippen molar-refractivity contribution in [3.8, 4) is 11.8 Å². The predicted molar refractivity (Wildman–Crippen MR) is 125 cm³/mol. The molecule has 4 nitrogen and oxygen atoms in total. The van der Waals surface area contributed by atoms with Gasteiger partial charge in [0.1, 0.15) is 24.0 Å². The predicted octanol–water partition coefficient (Wildman–Crippen LogP) is 6.73. The Hall–Kier alpha value is -3.26. The summed E-state index contributed by atoms with van der Waals surface area (Å²) in [5, 5.41) is 13.2. The second-order valence-corrected chi connectivity index (χ2v) is 7.89. The summed E-state index contributed by atoms with van der Waals surface area (Å²) in [4.78, 5) is 12.6. The molecule has 3 aromatic rings. The summed E-state index contributed by atoms with van der Waals surface area (Å²) < 4.78 is 5.93. The summed E-state index contributed by atoms with van der Waals surface area (Å²) in [6.07, 6.45) is 1.46.